The predicted octanol–water partition coefficient (Wildman–Crippen LogP) is 5.62. The first-order valence-electron chi connectivity index (χ1n) is 10.3. The summed E-state index contributed by atoms with van der Waals surface area (Å²) >= 11 is 0. The fraction of sp³-hybridized carbons (Fsp3) is 0.522. The van der Waals surface area contributed by atoms with Gasteiger partial charge in [-0.05, 0) is 56.2 Å². The van der Waals surface area contributed by atoms with Crippen LogP contribution in [0.1, 0.15) is 73.6 Å². The van der Waals surface area contributed by atoms with Gasteiger partial charge in [-0.25, -0.2) is 4.39 Å². The van der Waals surface area contributed by atoms with Crippen molar-refractivity contribution in [2.45, 2.75) is 71.8 Å². The molecule has 0 unspecified atom stereocenters. The van der Waals surface area contributed by atoms with E-state index in [2.05, 4.69) is 11.5 Å². The van der Waals surface area contributed by atoms with Gasteiger partial charge < -0.3 is 10.3 Å². The lowest BCUT2D eigenvalue weighted by Gasteiger charge is -2.24. The quantitative estimate of drug-likeness (QED) is 0.675. The number of benzene rings is 1. The number of rotatable bonds is 7. The number of hydrogen-bond donors (Lipinski definition) is 1. The Morgan fingerprint density at radius 1 is 1.26 bits per heavy atom. The van der Waals surface area contributed by atoms with Gasteiger partial charge in [0.25, 0.3) is 5.91 Å². The van der Waals surface area contributed by atoms with Crippen molar-refractivity contribution in [3.05, 3.63) is 47.0 Å². The second kappa shape index (κ2) is 8.73. The molecule has 1 fully saturated rings. The molecule has 1 saturated carbocycles. The molecule has 1 heterocycles. The Bertz CT molecular complexity index is 803. The Balaban J connectivity index is 2.13. The number of unbranched alkanes of at least 4 members (excludes halogenated alkanes) is 1. The lowest BCUT2D eigenvalue weighted by Crippen LogP contribution is -2.18. The molecule has 3 rings (SSSR count). The molecular weight excluding hydrogens is 339 g/mol. The third-order valence-corrected chi connectivity index (χ3v) is 5.92. The number of primary amides is 1. The largest absolute Gasteiger partial charge is 0.366 e. The summed E-state index contributed by atoms with van der Waals surface area (Å²) in [5, 5.41) is 0. The average Bonchev–Trinajstić information content (AvgIpc) is 2.93. The summed E-state index contributed by atoms with van der Waals surface area (Å²) in [4.78, 5) is 12.3. The van der Waals surface area contributed by atoms with Crippen molar-refractivity contribution in [2.75, 3.05) is 0 Å². The van der Waals surface area contributed by atoms with Gasteiger partial charge in [-0.2, -0.15) is 0 Å². The SMILES string of the molecule is CCCCc1c(-c2cccc(F)c2)c(C(N)=O)c(C)n1CC1CCCCC1. The Labute approximate surface area is 161 Å². The van der Waals surface area contributed by atoms with Crippen molar-refractivity contribution >= 4 is 5.91 Å². The van der Waals surface area contributed by atoms with Gasteiger partial charge in [0.1, 0.15) is 5.82 Å². The summed E-state index contributed by atoms with van der Waals surface area (Å²) in [6, 6.07) is 6.53. The van der Waals surface area contributed by atoms with E-state index in [1.807, 2.05) is 13.0 Å². The predicted molar refractivity (Wildman–Crippen MR) is 108 cm³/mol. The number of hydrogen-bond acceptors (Lipinski definition) is 1. The second-order valence-electron chi connectivity index (χ2n) is 7.87. The van der Waals surface area contributed by atoms with Crippen LogP contribution in [0, 0.1) is 18.7 Å². The maximum atomic E-state index is 13.9. The molecule has 0 spiro atoms. The Kier molecular flexibility index (Phi) is 6.35. The number of nitrogens with zero attached hydrogens (tertiary/aromatic N) is 1. The van der Waals surface area contributed by atoms with E-state index in [0.29, 0.717) is 11.5 Å². The van der Waals surface area contributed by atoms with Crippen LogP contribution in [-0.4, -0.2) is 10.5 Å². The topological polar surface area (TPSA) is 48.0 Å². The summed E-state index contributed by atoms with van der Waals surface area (Å²) in [5.41, 5.74) is 10.0. The molecule has 27 heavy (non-hydrogen) atoms. The molecule has 2 aromatic rings. The van der Waals surface area contributed by atoms with Gasteiger partial charge >= 0.3 is 0 Å². The number of halogens is 1. The van der Waals surface area contributed by atoms with Gasteiger partial charge in [-0.1, -0.05) is 44.7 Å². The fourth-order valence-corrected chi connectivity index (χ4v) is 4.53. The first-order valence-corrected chi connectivity index (χ1v) is 10.3. The van der Waals surface area contributed by atoms with Crippen LogP contribution in [0.5, 0.6) is 0 Å². The summed E-state index contributed by atoms with van der Waals surface area (Å²) < 4.78 is 16.2. The van der Waals surface area contributed by atoms with Crippen LogP contribution in [0.4, 0.5) is 4.39 Å². The van der Waals surface area contributed by atoms with E-state index in [4.69, 9.17) is 5.73 Å². The zero-order valence-corrected chi connectivity index (χ0v) is 16.6. The first kappa shape index (κ1) is 19.7. The van der Waals surface area contributed by atoms with E-state index in [1.54, 1.807) is 6.07 Å². The average molecular weight is 371 g/mol. The molecule has 0 saturated heterocycles. The zero-order valence-electron chi connectivity index (χ0n) is 16.6. The van der Waals surface area contributed by atoms with Crippen molar-refractivity contribution in [1.29, 1.82) is 0 Å². The normalized spacial score (nSPS) is 15.2. The molecule has 1 aromatic carbocycles. The number of nitrogens with two attached hydrogens (primary N) is 1. The zero-order chi connectivity index (χ0) is 19.4. The Morgan fingerprint density at radius 2 is 2.00 bits per heavy atom. The number of aromatic nitrogens is 1. The fourth-order valence-electron chi connectivity index (χ4n) is 4.53. The monoisotopic (exact) mass is 370 g/mol. The highest BCUT2D eigenvalue weighted by atomic mass is 19.1. The van der Waals surface area contributed by atoms with Gasteiger partial charge in [0.2, 0.25) is 0 Å². The third kappa shape index (κ3) is 4.26. The highest BCUT2D eigenvalue weighted by Gasteiger charge is 2.26. The molecule has 146 valence electrons. The molecule has 4 heteroatoms. The van der Waals surface area contributed by atoms with E-state index in [-0.39, 0.29) is 5.82 Å². The van der Waals surface area contributed by atoms with E-state index in [0.717, 1.165) is 48.3 Å². The van der Waals surface area contributed by atoms with Crippen molar-refractivity contribution in [2.24, 2.45) is 11.7 Å². The van der Waals surface area contributed by atoms with Gasteiger partial charge in [-0.3, -0.25) is 4.79 Å². The van der Waals surface area contributed by atoms with E-state index < -0.39 is 5.91 Å². The highest BCUT2D eigenvalue weighted by Crippen LogP contribution is 2.36. The second-order valence-corrected chi connectivity index (χ2v) is 7.87. The molecule has 0 atom stereocenters. The van der Waals surface area contributed by atoms with Crippen LogP contribution in [0.2, 0.25) is 0 Å². The lowest BCUT2D eigenvalue weighted by atomic mass is 9.89. The van der Waals surface area contributed by atoms with Gasteiger partial charge in [0, 0.05) is 23.5 Å². The number of carbonyl (C=O) groups excluding carboxylic acids is 1. The summed E-state index contributed by atoms with van der Waals surface area (Å²) in [5.74, 6) is -0.0692. The third-order valence-electron chi connectivity index (χ3n) is 5.92. The minimum absolute atomic E-state index is 0.290. The lowest BCUT2D eigenvalue weighted by molar-refractivity contribution is 0.1000. The number of amides is 1. The minimum atomic E-state index is -0.424. The van der Waals surface area contributed by atoms with Crippen LogP contribution in [-0.2, 0) is 13.0 Å². The molecule has 0 bridgehead atoms. The van der Waals surface area contributed by atoms with E-state index in [1.165, 1.54) is 44.2 Å². The van der Waals surface area contributed by atoms with E-state index in [9.17, 15) is 9.18 Å². The minimum Gasteiger partial charge on any atom is -0.366 e. The molecule has 3 nitrogen and oxygen atoms in total. The highest BCUT2D eigenvalue weighted by molar-refractivity contribution is 6.02. The summed E-state index contributed by atoms with van der Waals surface area (Å²) in [7, 11) is 0. The molecule has 1 aliphatic carbocycles. The van der Waals surface area contributed by atoms with Crippen LogP contribution in [0.25, 0.3) is 11.1 Å². The van der Waals surface area contributed by atoms with Crippen LogP contribution < -0.4 is 5.73 Å². The van der Waals surface area contributed by atoms with Crippen molar-refractivity contribution in [3.63, 3.8) is 0 Å². The molecule has 1 aliphatic rings. The summed E-state index contributed by atoms with van der Waals surface area (Å²) in [6.07, 6.45) is 9.37. The van der Waals surface area contributed by atoms with Gasteiger partial charge in [-0.15, -0.1) is 0 Å². The maximum Gasteiger partial charge on any atom is 0.251 e. The number of carbonyl (C=O) groups is 1. The summed E-state index contributed by atoms with van der Waals surface area (Å²) in [6.45, 7) is 5.08. The standard InChI is InChI=1S/C23H31FN2O/c1-3-4-13-20-22(18-11-8-12-19(24)14-18)21(23(25)27)16(2)26(20)15-17-9-6-5-7-10-17/h8,11-12,14,17H,3-7,9-10,13,15H2,1-2H3,(H2,25,27). The van der Waals surface area contributed by atoms with Crippen molar-refractivity contribution in [1.82, 2.24) is 4.57 Å². The maximum absolute atomic E-state index is 13.9. The van der Waals surface area contributed by atoms with Crippen LogP contribution >= 0.6 is 0 Å². The van der Waals surface area contributed by atoms with Crippen LogP contribution in [0.15, 0.2) is 24.3 Å². The molecule has 2 N–H and O–H groups in total. The molecule has 0 aliphatic heterocycles. The molecule has 1 aromatic heterocycles. The smallest absolute Gasteiger partial charge is 0.251 e. The molecule has 1 amide bonds. The van der Waals surface area contributed by atoms with Gasteiger partial charge in [0.15, 0.2) is 0 Å². The molecular formula is C23H31FN2O. The van der Waals surface area contributed by atoms with Crippen molar-refractivity contribution < 1.29 is 9.18 Å². The van der Waals surface area contributed by atoms with Crippen LogP contribution in [0.3, 0.4) is 0 Å². The molecule has 0 radical (unpaired) electrons. The Hall–Kier alpha value is -2.10. The first-order chi connectivity index (χ1) is 13.0. The van der Waals surface area contributed by atoms with Gasteiger partial charge in [0.05, 0.1) is 5.56 Å². The Morgan fingerprint density at radius 3 is 2.63 bits per heavy atom. The van der Waals surface area contributed by atoms with E-state index >= 15 is 0 Å². The van der Waals surface area contributed by atoms with Crippen molar-refractivity contribution in [3.8, 4) is 11.1 Å².